The normalized spacial score (nSPS) is 18.5. The largest absolute Gasteiger partial charge is 0.263 e. The molecule has 0 radical (unpaired) electrons. The fraction of sp³-hybridized carbons (Fsp3) is 0.615. The highest BCUT2D eigenvalue weighted by Gasteiger charge is 2.32. The maximum absolute atomic E-state index is 12.8. The highest BCUT2D eigenvalue weighted by Crippen LogP contribution is 2.20. The number of sulfonamides is 1. The van der Waals surface area contributed by atoms with Gasteiger partial charge in [-0.25, -0.2) is 8.42 Å². The SMILES string of the molecule is C[Si](C)(C)c1ccncc1S(=O)(=O)N1CCCCC1. The van der Waals surface area contributed by atoms with E-state index in [4.69, 9.17) is 0 Å². The summed E-state index contributed by atoms with van der Waals surface area (Å²) in [6, 6.07) is 1.88. The number of hydrogen-bond donors (Lipinski definition) is 0. The van der Waals surface area contributed by atoms with Crippen molar-refractivity contribution in [3.05, 3.63) is 18.5 Å². The molecule has 0 spiro atoms. The molecular weight excluding hydrogens is 276 g/mol. The van der Waals surface area contributed by atoms with Crippen LogP contribution in [0.25, 0.3) is 0 Å². The number of hydrogen-bond acceptors (Lipinski definition) is 3. The zero-order chi connectivity index (χ0) is 14.1. The van der Waals surface area contributed by atoms with Crippen molar-refractivity contribution in [1.82, 2.24) is 9.29 Å². The molecule has 1 fully saturated rings. The van der Waals surface area contributed by atoms with Gasteiger partial charge in [0.1, 0.15) is 0 Å². The first-order valence-corrected chi connectivity index (χ1v) is 11.7. The molecule has 6 heteroatoms. The van der Waals surface area contributed by atoms with Gasteiger partial charge < -0.3 is 0 Å². The van der Waals surface area contributed by atoms with E-state index in [2.05, 4.69) is 24.6 Å². The molecule has 1 aromatic heterocycles. The molecule has 0 aliphatic carbocycles. The Balaban J connectivity index is 2.46. The minimum absolute atomic E-state index is 0.427. The summed E-state index contributed by atoms with van der Waals surface area (Å²) in [4.78, 5) is 4.46. The minimum Gasteiger partial charge on any atom is -0.263 e. The molecule has 1 saturated heterocycles. The second-order valence-electron chi connectivity index (χ2n) is 6.09. The Morgan fingerprint density at radius 2 is 1.79 bits per heavy atom. The first-order valence-electron chi connectivity index (χ1n) is 6.78. The van der Waals surface area contributed by atoms with Crippen molar-refractivity contribution in [2.45, 2.75) is 43.8 Å². The quantitative estimate of drug-likeness (QED) is 0.800. The molecule has 2 rings (SSSR count). The molecule has 2 heterocycles. The van der Waals surface area contributed by atoms with E-state index in [-0.39, 0.29) is 0 Å². The summed E-state index contributed by atoms with van der Waals surface area (Å²) in [6.45, 7) is 7.78. The smallest absolute Gasteiger partial charge is 0.244 e. The van der Waals surface area contributed by atoms with Crippen LogP contribution in [-0.4, -0.2) is 38.9 Å². The third-order valence-electron chi connectivity index (χ3n) is 3.53. The third kappa shape index (κ3) is 3.06. The van der Waals surface area contributed by atoms with Crippen molar-refractivity contribution < 1.29 is 8.42 Å². The number of nitrogens with zero attached hydrogens (tertiary/aromatic N) is 2. The molecule has 0 saturated carbocycles. The van der Waals surface area contributed by atoms with Gasteiger partial charge in [-0.15, -0.1) is 0 Å². The molecule has 1 aromatic rings. The Kier molecular flexibility index (Phi) is 4.13. The molecule has 0 N–H and O–H groups in total. The second kappa shape index (κ2) is 5.34. The maximum atomic E-state index is 12.8. The maximum Gasteiger partial charge on any atom is 0.244 e. The van der Waals surface area contributed by atoms with E-state index < -0.39 is 18.1 Å². The average molecular weight is 298 g/mol. The molecule has 0 amide bonds. The zero-order valence-electron chi connectivity index (χ0n) is 11.9. The minimum atomic E-state index is -3.37. The third-order valence-corrected chi connectivity index (χ3v) is 7.68. The van der Waals surface area contributed by atoms with E-state index in [9.17, 15) is 8.42 Å². The fourth-order valence-corrected chi connectivity index (χ4v) is 6.69. The van der Waals surface area contributed by atoms with E-state index in [1.54, 1.807) is 10.5 Å². The van der Waals surface area contributed by atoms with E-state index in [1.807, 2.05) is 6.07 Å². The van der Waals surface area contributed by atoms with Crippen LogP contribution >= 0.6 is 0 Å². The van der Waals surface area contributed by atoms with Crippen LogP contribution in [0.5, 0.6) is 0 Å². The van der Waals surface area contributed by atoms with Gasteiger partial charge in [0.15, 0.2) is 0 Å². The van der Waals surface area contributed by atoms with Gasteiger partial charge in [-0.3, -0.25) is 4.98 Å². The summed E-state index contributed by atoms with van der Waals surface area (Å²) in [5.74, 6) is 0. The van der Waals surface area contributed by atoms with Crippen LogP contribution in [0.2, 0.25) is 19.6 Å². The van der Waals surface area contributed by atoms with Crippen LogP contribution in [0.15, 0.2) is 23.4 Å². The monoisotopic (exact) mass is 298 g/mol. The highest BCUT2D eigenvalue weighted by molar-refractivity contribution is 7.89. The van der Waals surface area contributed by atoms with E-state index in [0.29, 0.717) is 18.0 Å². The molecule has 0 atom stereocenters. The summed E-state index contributed by atoms with van der Waals surface area (Å²) in [5, 5.41) is 0.980. The van der Waals surface area contributed by atoms with Gasteiger partial charge in [0.25, 0.3) is 0 Å². The van der Waals surface area contributed by atoms with Gasteiger partial charge in [0, 0.05) is 25.5 Å². The van der Waals surface area contributed by atoms with Crippen LogP contribution in [0.1, 0.15) is 19.3 Å². The average Bonchev–Trinajstić information content (AvgIpc) is 2.39. The van der Waals surface area contributed by atoms with Gasteiger partial charge in [0.2, 0.25) is 10.0 Å². The Bertz CT molecular complexity index is 546. The lowest BCUT2D eigenvalue weighted by Crippen LogP contribution is -2.45. The van der Waals surface area contributed by atoms with Gasteiger partial charge >= 0.3 is 0 Å². The molecule has 1 aliphatic heterocycles. The Labute approximate surface area is 116 Å². The van der Waals surface area contributed by atoms with E-state index in [0.717, 1.165) is 24.4 Å². The molecular formula is C13H22N2O2SSi. The lowest BCUT2D eigenvalue weighted by atomic mass is 10.2. The van der Waals surface area contributed by atoms with Gasteiger partial charge in [-0.05, 0) is 24.1 Å². The zero-order valence-corrected chi connectivity index (χ0v) is 13.7. The van der Waals surface area contributed by atoms with Crippen LogP contribution in [0, 0.1) is 0 Å². The Morgan fingerprint density at radius 3 is 2.37 bits per heavy atom. The first kappa shape index (κ1) is 14.7. The molecule has 1 aliphatic rings. The van der Waals surface area contributed by atoms with Crippen molar-refractivity contribution in [3.63, 3.8) is 0 Å². The second-order valence-corrected chi connectivity index (χ2v) is 13.0. The van der Waals surface area contributed by atoms with Crippen molar-refractivity contribution >= 4 is 23.3 Å². The Morgan fingerprint density at radius 1 is 1.16 bits per heavy atom. The molecule has 0 unspecified atom stereocenters. The molecule has 19 heavy (non-hydrogen) atoms. The van der Waals surface area contributed by atoms with Crippen LogP contribution in [0.4, 0.5) is 0 Å². The first-order chi connectivity index (χ1) is 8.83. The Hall–Kier alpha value is -0.723. The van der Waals surface area contributed by atoms with Crippen LogP contribution < -0.4 is 5.19 Å². The van der Waals surface area contributed by atoms with E-state index in [1.165, 1.54) is 6.20 Å². The predicted octanol–water partition coefficient (Wildman–Crippen LogP) is 1.80. The van der Waals surface area contributed by atoms with Crippen molar-refractivity contribution in [1.29, 1.82) is 0 Å². The number of aromatic nitrogens is 1. The van der Waals surface area contributed by atoms with Gasteiger partial charge in [-0.1, -0.05) is 26.1 Å². The summed E-state index contributed by atoms with van der Waals surface area (Å²) in [7, 11) is -5.07. The molecule has 0 bridgehead atoms. The summed E-state index contributed by atoms with van der Waals surface area (Å²) in [6.07, 6.45) is 6.27. The lowest BCUT2D eigenvalue weighted by Gasteiger charge is -2.28. The van der Waals surface area contributed by atoms with Crippen LogP contribution in [0.3, 0.4) is 0 Å². The topological polar surface area (TPSA) is 50.3 Å². The fourth-order valence-electron chi connectivity index (χ4n) is 2.45. The number of rotatable bonds is 3. The van der Waals surface area contributed by atoms with Gasteiger partial charge in [0.05, 0.1) is 13.0 Å². The van der Waals surface area contributed by atoms with Gasteiger partial charge in [-0.2, -0.15) is 4.31 Å². The number of piperidine rings is 1. The predicted molar refractivity (Wildman–Crippen MR) is 79.8 cm³/mol. The molecule has 4 nitrogen and oxygen atoms in total. The van der Waals surface area contributed by atoms with Crippen molar-refractivity contribution in [2.24, 2.45) is 0 Å². The summed E-state index contributed by atoms with van der Waals surface area (Å²) >= 11 is 0. The van der Waals surface area contributed by atoms with Crippen molar-refractivity contribution in [3.8, 4) is 0 Å². The highest BCUT2D eigenvalue weighted by atomic mass is 32.2. The molecule has 106 valence electrons. The lowest BCUT2D eigenvalue weighted by molar-refractivity contribution is 0.347. The summed E-state index contributed by atoms with van der Waals surface area (Å²) < 4.78 is 27.1. The summed E-state index contributed by atoms with van der Waals surface area (Å²) in [5.41, 5.74) is 0. The van der Waals surface area contributed by atoms with Crippen LogP contribution in [-0.2, 0) is 10.0 Å². The standard InChI is InChI=1S/C13H22N2O2SSi/c1-19(2,3)13-7-8-14-11-12(13)18(16,17)15-9-5-4-6-10-15/h7-8,11H,4-6,9-10H2,1-3H3. The van der Waals surface area contributed by atoms with E-state index >= 15 is 0 Å². The number of pyridine rings is 1. The van der Waals surface area contributed by atoms with Crippen molar-refractivity contribution in [2.75, 3.05) is 13.1 Å². The molecule has 0 aromatic carbocycles.